The van der Waals surface area contributed by atoms with E-state index in [2.05, 4.69) is 11.1 Å². The van der Waals surface area contributed by atoms with E-state index in [1.807, 2.05) is 78.3 Å². The van der Waals surface area contributed by atoms with E-state index < -0.39 is 5.60 Å². The molecule has 7 nitrogen and oxygen atoms in total. The van der Waals surface area contributed by atoms with Crippen LogP contribution in [0.5, 0.6) is 5.75 Å². The van der Waals surface area contributed by atoms with Crippen LogP contribution >= 0.6 is 0 Å². The molecule has 7 heteroatoms. The van der Waals surface area contributed by atoms with E-state index in [0.717, 1.165) is 28.3 Å². The maximum atomic E-state index is 12.2. The summed E-state index contributed by atoms with van der Waals surface area (Å²) < 4.78 is 18.6. The minimum atomic E-state index is -1.06. The molecule has 36 heavy (non-hydrogen) atoms. The molecule has 0 fully saturated rings. The van der Waals surface area contributed by atoms with E-state index >= 15 is 0 Å². The SMILES string of the molecule is CCOC(=O)C(C)(C)Oc1ccc(CN(Cc2ccco2)Cc2cn(-c3ccccc3)nc2C)cc1. The molecule has 0 saturated carbocycles. The van der Waals surface area contributed by atoms with Gasteiger partial charge in [-0.2, -0.15) is 5.10 Å². The van der Waals surface area contributed by atoms with Crippen molar-refractivity contribution in [3.63, 3.8) is 0 Å². The first-order chi connectivity index (χ1) is 17.3. The summed E-state index contributed by atoms with van der Waals surface area (Å²) in [4.78, 5) is 14.5. The first-order valence-electron chi connectivity index (χ1n) is 12.1. The van der Waals surface area contributed by atoms with Crippen LogP contribution in [0.3, 0.4) is 0 Å². The molecule has 0 radical (unpaired) electrons. The number of carbonyl (C=O) groups excluding carboxylic acids is 1. The second kappa shape index (κ2) is 11.3. The molecular formula is C29H33N3O4. The summed E-state index contributed by atoms with van der Waals surface area (Å²) in [5.41, 5.74) is 3.25. The summed E-state index contributed by atoms with van der Waals surface area (Å²) in [5.74, 6) is 1.14. The first-order valence-corrected chi connectivity index (χ1v) is 12.1. The van der Waals surface area contributed by atoms with Crippen LogP contribution in [-0.4, -0.2) is 32.9 Å². The molecule has 0 N–H and O–H groups in total. The molecular weight excluding hydrogens is 454 g/mol. The van der Waals surface area contributed by atoms with Crippen molar-refractivity contribution >= 4 is 5.97 Å². The average molecular weight is 488 g/mol. The molecule has 0 aliphatic heterocycles. The average Bonchev–Trinajstić information content (AvgIpc) is 3.50. The van der Waals surface area contributed by atoms with Gasteiger partial charge < -0.3 is 13.9 Å². The van der Waals surface area contributed by atoms with E-state index in [1.54, 1.807) is 27.0 Å². The number of aromatic nitrogens is 2. The number of para-hydroxylation sites is 1. The maximum Gasteiger partial charge on any atom is 0.349 e. The van der Waals surface area contributed by atoms with Gasteiger partial charge in [-0.25, -0.2) is 9.48 Å². The lowest BCUT2D eigenvalue weighted by Gasteiger charge is -2.24. The maximum absolute atomic E-state index is 12.2. The van der Waals surface area contributed by atoms with Crippen molar-refractivity contribution in [3.8, 4) is 11.4 Å². The third-order valence-corrected chi connectivity index (χ3v) is 5.84. The number of rotatable bonds is 11. The molecule has 0 bridgehead atoms. The molecule has 0 atom stereocenters. The highest BCUT2D eigenvalue weighted by Crippen LogP contribution is 2.23. The Kier molecular flexibility index (Phi) is 7.90. The lowest BCUT2D eigenvalue weighted by atomic mass is 10.1. The summed E-state index contributed by atoms with van der Waals surface area (Å²) in [6, 6.07) is 21.8. The van der Waals surface area contributed by atoms with E-state index in [-0.39, 0.29) is 5.97 Å². The lowest BCUT2D eigenvalue weighted by Crippen LogP contribution is -2.39. The van der Waals surface area contributed by atoms with Crippen LogP contribution < -0.4 is 4.74 Å². The number of benzene rings is 2. The van der Waals surface area contributed by atoms with Gasteiger partial charge in [-0.15, -0.1) is 0 Å². The Morgan fingerprint density at radius 2 is 1.75 bits per heavy atom. The predicted octanol–water partition coefficient (Wildman–Crippen LogP) is 5.70. The molecule has 2 heterocycles. The van der Waals surface area contributed by atoms with Crippen molar-refractivity contribution < 1.29 is 18.7 Å². The molecule has 2 aromatic heterocycles. The Morgan fingerprint density at radius 3 is 2.42 bits per heavy atom. The summed E-state index contributed by atoms with van der Waals surface area (Å²) in [5, 5.41) is 4.72. The highest BCUT2D eigenvalue weighted by molar-refractivity contribution is 5.79. The standard InChI is InChI=1S/C29H33N3O4/c1-5-34-28(33)29(3,4)36-26-15-13-23(14-16-26)18-31(21-27-12-9-17-35-27)19-24-20-32(30-22(24)2)25-10-7-6-8-11-25/h6-17,20H,5,18-19,21H2,1-4H3. The minimum Gasteiger partial charge on any atom is -0.476 e. The van der Waals surface area contributed by atoms with E-state index in [9.17, 15) is 4.79 Å². The Hall–Kier alpha value is -3.84. The Balaban J connectivity index is 1.48. The van der Waals surface area contributed by atoms with Gasteiger partial charge in [0.15, 0.2) is 5.60 Å². The van der Waals surface area contributed by atoms with Gasteiger partial charge in [0.2, 0.25) is 0 Å². The van der Waals surface area contributed by atoms with Crippen LogP contribution in [0.1, 0.15) is 43.4 Å². The van der Waals surface area contributed by atoms with E-state index in [0.29, 0.717) is 32.0 Å². The number of ether oxygens (including phenoxy) is 2. The number of esters is 1. The van der Waals surface area contributed by atoms with E-state index in [1.165, 1.54) is 0 Å². The van der Waals surface area contributed by atoms with Crippen molar-refractivity contribution in [2.24, 2.45) is 0 Å². The zero-order chi connectivity index (χ0) is 25.5. The summed E-state index contributed by atoms with van der Waals surface area (Å²) >= 11 is 0. The van der Waals surface area contributed by atoms with E-state index in [4.69, 9.17) is 19.0 Å². The van der Waals surface area contributed by atoms with Crippen molar-refractivity contribution in [3.05, 3.63) is 102 Å². The topological polar surface area (TPSA) is 69.7 Å². The zero-order valence-electron chi connectivity index (χ0n) is 21.3. The summed E-state index contributed by atoms with van der Waals surface area (Å²) in [6.45, 7) is 9.65. The van der Waals surface area contributed by atoms with Gasteiger partial charge in [-0.1, -0.05) is 30.3 Å². The van der Waals surface area contributed by atoms with Gasteiger partial charge in [-0.3, -0.25) is 4.90 Å². The third kappa shape index (κ3) is 6.43. The number of nitrogens with zero attached hydrogens (tertiary/aromatic N) is 3. The number of hydrogen-bond donors (Lipinski definition) is 0. The molecule has 2 aromatic carbocycles. The van der Waals surface area contributed by atoms with Crippen molar-refractivity contribution in [2.45, 2.75) is 52.9 Å². The molecule has 0 amide bonds. The van der Waals surface area contributed by atoms with Crippen LogP contribution in [0.2, 0.25) is 0 Å². The Bertz CT molecular complexity index is 1250. The Morgan fingerprint density at radius 1 is 1.00 bits per heavy atom. The molecule has 0 aliphatic rings. The number of hydrogen-bond acceptors (Lipinski definition) is 6. The van der Waals surface area contributed by atoms with Crippen LogP contribution in [-0.2, 0) is 29.2 Å². The van der Waals surface area contributed by atoms with Gasteiger partial charge in [-0.05, 0) is 69.7 Å². The highest BCUT2D eigenvalue weighted by Gasteiger charge is 2.31. The molecule has 0 saturated heterocycles. The summed E-state index contributed by atoms with van der Waals surface area (Å²) in [6.07, 6.45) is 3.79. The second-order valence-electron chi connectivity index (χ2n) is 9.22. The van der Waals surface area contributed by atoms with Gasteiger partial charge in [0.25, 0.3) is 0 Å². The monoisotopic (exact) mass is 487 g/mol. The minimum absolute atomic E-state index is 0.319. The molecule has 4 aromatic rings. The third-order valence-electron chi connectivity index (χ3n) is 5.84. The smallest absolute Gasteiger partial charge is 0.349 e. The van der Waals surface area contributed by atoms with Crippen molar-refractivity contribution in [1.82, 2.24) is 14.7 Å². The van der Waals surface area contributed by atoms with Gasteiger partial charge >= 0.3 is 5.97 Å². The zero-order valence-corrected chi connectivity index (χ0v) is 21.3. The number of aryl methyl sites for hydroxylation is 1. The quantitative estimate of drug-likeness (QED) is 0.253. The fourth-order valence-electron chi connectivity index (χ4n) is 3.96. The van der Waals surface area contributed by atoms with Gasteiger partial charge in [0.05, 0.1) is 30.8 Å². The van der Waals surface area contributed by atoms with Gasteiger partial charge in [0.1, 0.15) is 11.5 Å². The fraction of sp³-hybridized carbons (Fsp3) is 0.310. The summed E-state index contributed by atoms with van der Waals surface area (Å²) in [7, 11) is 0. The molecule has 188 valence electrons. The first kappa shape index (κ1) is 25.3. The van der Waals surface area contributed by atoms with Crippen molar-refractivity contribution in [1.29, 1.82) is 0 Å². The van der Waals surface area contributed by atoms with Crippen LogP contribution in [0.25, 0.3) is 5.69 Å². The van der Waals surface area contributed by atoms with Crippen molar-refractivity contribution in [2.75, 3.05) is 6.61 Å². The number of carbonyl (C=O) groups is 1. The van der Waals surface area contributed by atoms with Crippen LogP contribution in [0.4, 0.5) is 0 Å². The second-order valence-corrected chi connectivity index (χ2v) is 9.22. The number of furan rings is 1. The fourth-order valence-corrected chi connectivity index (χ4v) is 3.96. The molecule has 0 spiro atoms. The Labute approximate surface area is 212 Å². The molecule has 0 aliphatic carbocycles. The van der Waals surface area contributed by atoms with Crippen LogP contribution in [0, 0.1) is 6.92 Å². The molecule has 4 rings (SSSR count). The molecule has 0 unspecified atom stereocenters. The predicted molar refractivity (Wildman–Crippen MR) is 138 cm³/mol. The van der Waals surface area contributed by atoms with Gasteiger partial charge in [0, 0.05) is 24.8 Å². The lowest BCUT2D eigenvalue weighted by molar-refractivity contribution is -0.158. The highest BCUT2D eigenvalue weighted by atomic mass is 16.6. The normalized spacial score (nSPS) is 11.6. The van der Waals surface area contributed by atoms with Crippen LogP contribution in [0.15, 0.2) is 83.6 Å². The largest absolute Gasteiger partial charge is 0.476 e.